The molecule has 6 nitrogen and oxygen atoms in total. The third-order valence-corrected chi connectivity index (χ3v) is 4.52. The number of nitrogen functional groups attached to an aromatic ring is 1. The van der Waals surface area contributed by atoms with E-state index in [1.807, 2.05) is 58.0 Å². The van der Waals surface area contributed by atoms with E-state index in [4.69, 9.17) is 5.73 Å². The Morgan fingerprint density at radius 1 is 0.885 bits per heavy atom. The van der Waals surface area contributed by atoms with E-state index in [-0.39, 0.29) is 0 Å². The van der Waals surface area contributed by atoms with Crippen molar-refractivity contribution in [1.82, 2.24) is 24.1 Å². The molecule has 0 radical (unpaired) electrons. The minimum Gasteiger partial charge on any atom is -0.398 e. The third kappa shape index (κ3) is 2.39. The quantitative estimate of drug-likeness (QED) is 0.546. The van der Waals surface area contributed by atoms with Gasteiger partial charge in [0.2, 0.25) is 0 Å². The zero-order chi connectivity index (χ0) is 17.5. The van der Waals surface area contributed by atoms with Crippen molar-refractivity contribution in [3.8, 4) is 11.1 Å². The monoisotopic (exact) mass is 340 g/mol. The molecule has 0 aliphatic heterocycles. The van der Waals surface area contributed by atoms with Crippen LogP contribution < -0.4 is 5.73 Å². The average Bonchev–Trinajstić information content (AvgIpc) is 3.27. The molecule has 26 heavy (non-hydrogen) atoms. The van der Waals surface area contributed by atoms with Crippen LogP contribution in [-0.2, 0) is 6.54 Å². The molecule has 0 saturated carbocycles. The highest BCUT2D eigenvalue weighted by Crippen LogP contribution is 2.23. The summed E-state index contributed by atoms with van der Waals surface area (Å²) in [6, 6.07) is 16.1. The molecule has 0 bridgehead atoms. The fraction of sp³-hybridized carbons (Fsp3) is 0.0500. The molecule has 2 N–H and O–H groups in total. The van der Waals surface area contributed by atoms with Gasteiger partial charge in [-0.2, -0.15) is 5.10 Å². The van der Waals surface area contributed by atoms with E-state index in [1.165, 1.54) is 0 Å². The van der Waals surface area contributed by atoms with Crippen LogP contribution in [0.25, 0.3) is 27.8 Å². The van der Waals surface area contributed by atoms with Crippen LogP contribution in [0.3, 0.4) is 0 Å². The van der Waals surface area contributed by atoms with Crippen molar-refractivity contribution in [3.63, 3.8) is 0 Å². The van der Waals surface area contributed by atoms with Gasteiger partial charge in [-0.05, 0) is 23.8 Å². The van der Waals surface area contributed by atoms with E-state index < -0.39 is 0 Å². The first-order chi connectivity index (χ1) is 12.8. The lowest BCUT2D eigenvalue weighted by atomic mass is 10.1. The molecule has 1 aromatic carbocycles. The molecule has 5 rings (SSSR count). The SMILES string of the molecule is Nc1ccc2ncc(Cn3ncc4ncc(-c5ccccc5)cc43)n2c1. The molecule has 4 heterocycles. The summed E-state index contributed by atoms with van der Waals surface area (Å²) in [6.45, 7) is 0.591. The normalized spacial score (nSPS) is 11.4. The number of pyridine rings is 2. The number of fused-ring (bicyclic) bond motifs is 2. The molecular weight excluding hydrogens is 324 g/mol. The fourth-order valence-electron chi connectivity index (χ4n) is 3.19. The Bertz CT molecular complexity index is 1220. The fourth-order valence-corrected chi connectivity index (χ4v) is 3.19. The topological polar surface area (TPSA) is 74.0 Å². The number of nitrogens with zero attached hydrogens (tertiary/aromatic N) is 5. The zero-order valence-corrected chi connectivity index (χ0v) is 13.9. The van der Waals surface area contributed by atoms with Crippen LogP contribution in [0.2, 0.25) is 0 Å². The summed E-state index contributed by atoms with van der Waals surface area (Å²) in [6.07, 6.45) is 7.42. The largest absolute Gasteiger partial charge is 0.398 e. The number of anilines is 1. The Morgan fingerprint density at radius 2 is 1.77 bits per heavy atom. The highest BCUT2D eigenvalue weighted by atomic mass is 15.3. The van der Waals surface area contributed by atoms with Crippen molar-refractivity contribution in [1.29, 1.82) is 0 Å². The molecule has 0 amide bonds. The van der Waals surface area contributed by atoms with Gasteiger partial charge in [-0.25, -0.2) is 4.98 Å². The summed E-state index contributed by atoms with van der Waals surface area (Å²) in [5.41, 5.74) is 12.6. The van der Waals surface area contributed by atoms with Gasteiger partial charge in [-0.1, -0.05) is 30.3 Å². The summed E-state index contributed by atoms with van der Waals surface area (Å²) in [4.78, 5) is 8.99. The van der Waals surface area contributed by atoms with Gasteiger partial charge in [0.25, 0.3) is 0 Å². The number of benzene rings is 1. The summed E-state index contributed by atoms with van der Waals surface area (Å²) in [7, 11) is 0. The van der Waals surface area contributed by atoms with Crippen LogP contribution in [0.5, 0.6) is 0 Å². The van der Waals surface area contributed by atoms with Gasteiger partial charge in [0, 0.05) is 23.6 Å². The number of aromatic nitrogens is 5. The lowest BCUT2D eigenvalue weighted by molar-refractivity contribution is 0.692. The molecule has 0 atom stereocenters. The van der Waals surface area contributed by atoms with E-state index in [9.17, 15) is 0 Å². The van der Waals surface area contributed by atoms with E-state index >= 15 is 0 Å². The standard InChI is InChI=1S/C20H16N6/c21-16-6-7-20-23-10-17(25(20)12-16)13-26-19-8-15(9-22-18(19)11-24-26)14-4-2-1-3-5-14/h1-12H,13,21H2. The highest BCUT2D eigenvalue weighted by molar-refractivity contribution is 5.80. The number of hydrogen-bond acceptors (Lipinski definition) is 4. The molecule has 0 saturated heterocycles. The summed E-state index contributed by atoms with van der Waals surface area (Å²) < 4.78 is 3.94. The molecule has 0 unspecified atom stereocenters. The second-order valence-corrected chi connectivity index (χ2v) is 6.24. The lowest BCUT2D eigenvalue weighted by Crippen LogP contribution is -2.04. The first-order valence-electron chi connectivity index (χ1n) is 8.36. The minimum atomic E-state index is 0.591. The maximum absolute atomic E-state index is 5.92. The number of imidazole rings is 1. The lowest BCUT2D eigenvalue weighted by Gasteiger charge is -2.06. The molecule has 0 spiro atoms. The van der Waals surface area contributed by atoms with Crippen LogP contribution in [0, 0.1) is 0 Å². The smallest absolute Gasteiger partial charge is 0.137 e. The van der Waals surface area contributed by atoms with Crippen molar-refractivity contribution in [2.45, 2.75) is 6.54 Å². The van der Waals surface area contributed by atoms with Crippen LogP contribution in [-0.4, -0.2) is 24.1 Å². The molecule has 0 aliphatic rings. The van der Waals surface area contributed by atoms with Gasteiger partial charge in [-0.15, -0.1) is 0 Å². The van der Waals surface area contributed by atoms with E-state index in [0.717, 1.165) is 33.5 Å². The minimum absolute atomic E-state index is 0.591. The predicted molar refractivity (Wildman–Crippen MR) is 102 cm³/mol. The molecule has 5 aromatic rings. The van der Waals surface area contributed by atoms with Crippen LogP contribution >= 0.6 is 0 Å². The summed E-state index contributed by atoms with van der Waals surface area (Å²) >= 11 is 0. The summed E-state index contributed by atoms with van der Waals surface area (Å²) in [5.74, 6) is 0. The first kappa shape index (κ1) is 14.7. The van der Waals surface area contributed by atoms with Gasteiger partial charge < -0.3 is 10.1 Å². The van der Waals surface area contributed by atoms with Crippen molar-refractivity contribution >= 4 is 22.4 Å². The average molecular weight is 340 g/mol. The van der Waals surface area contributed by atoms with Gasteiger partial charge >= 0.3 is 0 Å². The Kier molecular flexibility index (Phi) is 3.21. The highest BCUT2D eigenvalue weighted by Gasteiger charge is 2.10. The van der Waals surface area contributed by atoms with Crippen LogP contribution in [0.1, 0.15) is 5.69 Å². The number of nitrogens with two attached hydrogens (primary N) is 1. The first-order valence-corrected chi connectivity index (χ1v) is 8.36. The molecule has 0 aliphatic carbocycles. The zero-order valence-electron chi connectivity index (χ0n) is 13.9. The van der Waals surface area contributed by atoms with Gasteiger partial charge in [0.05, 0.1) is 30.1 Å². The Morgan fingerprint density at radius 3 is 2.65 bits per heavy atom. The summed E-state index contributed by atoms with van der Waals surface area (Å²) in [5, 5.41) is 4.52. The second-order valence-electron chi connectivity index (χ2n) is 6.24. The van der Waals surface area contributed by atoms with Gasteiger partial charge in [-0.3, -0.25) is 9.67 Å². The third-order valence-electron chi connectivity index (χ3n) is 4.52. The van der Waals surface area contributed by atoms with Gasteiger partial charge in [0.15, 0.2) is 0 Å². The molecule has 4 aromatic heterocycles. The Labute approximate surface area is 149 Å². The Balaban J connectivity index is 1.59. The van der Waals surface area contributed by atoms with Gasteiger partial charge in [0.1, 0.15) is 11.2 Å². The molecule has 6 heteroatoms. The maximum atomic E-state index is 5.92. The van der Waals surface area contributed by atoms with Crippen LogP contribution in [0.15, 0.2) is 73.3 Å². The number of hydrogen-bond donors (Lipinski definition) is 1. The molecule has 0 fully saturated rings. The Hall–Kier alpha value is -3.67. The van der Waals surface area contributed by atoms with E-state index in [2.05, 4.69) is 33.3 Å². The molecular formula is C20H16N6. The van der Waals surface area contributed by atoms with Crippen molar-refractivity contribution in [2.75, 3.05) is 5.73 Å². The van der Waals surface area contributed by atoms with Crippen molar-refractivity contribution in [2.24, 2.45) is 0 Å². The van der Waals surface area contributed by atoms with Crippen molar-refractivity contribution < 1.29 is 0 Å². The second kappa shape index (κ2) is 5.70. The predicted octanol–water partition coefficient (Wildman–Crippen LogP) is 3.38. The van der Waals surface area contributed by atoms with E-state index in [1.54, 1.807) is 6.20 Å². The van der Waals surface area contributed by atoms with Crippen LogP contribution in [0.4, 0.5) is 5.69 Å². The van der Waals surface area contributed by atoms with E-state index in [0.29, 0.717) is 12.2 Å². The maximum Gasteiger partial charge on any atom is 0.137 e. The molecule has 126 valence electrons. The van der Waals surface area contributed by atoms with Crippen molar-refractivity contribution in [3.05, 3.63) is 79.0 Å². The number of rotatable bonds is 3.